The molecule has 2 atom stereocenters. The molecule has 18 heavy (non-hydrogen) atoms. The molecular formula is C13H19N3O2. The molecule has 2 heterocycles. The van der Waals surface area contributed by atoms with Crippen LogP contribution in [0.15, 0.2) is 12.4 Å². The van der Waals surface area contributed by atoms with Crippen LogP contribution < -0.4 is 5.32 Å². The molecule has 1 aliphatic carbocycles. The molecule has 0 unspecified atom stereocenters. The van der Waals surface area contributed by atoms with Gasteiger partial charge in [-0.3, -0.25) is 4.98 Å². The van der Waals surface area contributed by atoms with E-state index in [2.05, 4.69) is 15.3 Å². The normalized spacial score (nSPS) is 29.9. The molecule has 3 rings (SSSR count). The molecule has 5 heteroatoms. The summed E-state index contributed by atoms with van der Waals surface area (Å²) in [4.78, 5) is 8.55. The number of aliphatic hydroxyl groups is 1. The highest BCUT2D eigenvalue weighted by Gasteiger charge is 2.54. The first-order valence-corrected chi connectivity index (χ1v) is 6.52. The van der Waals surface area contributed by atoms with Gasteiger partial charge in [-0.25, -0.2) is 4.98 Å². The van der Waals surface area contributed by atoms with E-state index in [4.69, 9.17) is 4.74 Å². The Balaban J connectivity index is 1.73. The Kier molecular flexibility index (Phi) is 2.95. The smallest absolute Gasteiger partial charge is 0.145 e. The van der Waals surface area contributed by atoms with Crippen LogP contribution in [0.5, 0.6) is 0 Å². The van der Waals surface area contributed by atoms with E-state index in [-0.39, 0.29) is 17.6 Å². The van der Waals surface area contributed by atoms with Crippen molar-refractivity contribution in [2.24, 2.45) is 5.41 Å². The van der Waals surface area contributed by atoms with Gasteiger partial charge in [-0.15, -0.1) is 0 Å². The van der Waals surface area contributed by atoms with Crippen LogP contribution in [0.1, 0.15) is 25.0 Å². The molecule has 1 saturated carbocycles. The third-order valence-corrected chi connectivity index (χ3v) is 4.32. The van der Waals surface area contributed by atoms with Crippen molar-refractivity contribution >= 4 is 5.82 Å². The van der Waals surface area contributed by atoms with Gasteiger partial charge >= 0.3 is 0 Å². The summed E-state index contributed by atoms with van der Waals surface area (Å²) in [6.45, 7) is 3.42. The molecule has 1 saturated heterocycles. The maximum absolute atomic E-state index is 10.1. The van der Waals surface area contributed by atoms with Crippen molar-refractivity contribution in [3.05, 3.63) is 18.1 Å². The van der Waals surface area contributed by atoms with Crippen molar-refractivity contribution in [3.8, 4) is 0 Å². The fourth-order valence-corrected chi connectivity index (χ4v) is 3.11. The van der Waals surface area contributed by atoms with Crippen LogP contribution in [0.25, 0.3) is 0 Å². The van der Waals surface area contributed by atoms with E-state index in [0.29, 0.717) is 0 Å². The minimum Gasteiger partial charge on any atom is -0.392 e. The first-order chi connectivity index (χ1) is 8.71. The van der Waals surface area contributed by atoms with Crippen LogP contribution in [0.2, 0.25) is 0 Å². The minimum atomic E-state index is -0.211. The molecule has 2 N–H and O–H groups in total. The van der Waals surface area contributed by atoms with Gasteiger partial charge in [-0.1, -0.05) is 0 Å². The molecule has 1 aromatic heterocycles. The molecule has 2 fully saturated rings. The predicted molar refractivity (Wildman–Crippen MR) is 67.3 cm³/mol. The molecular weight excluding hydrogens is 230 g/mol. The highest BCUT2D eigenvalue weighted by Crippen LogP contribution is 2.49. The van der Waals surface area contributed by atoms with Gasteiger partial charge in [0.05, 0.1) is 18.0 Å². The summed E-state index contributed by atoms with van der Waals surface area (Å²) in [5.74, 6) is 0.803. The third kappa shape index (κ3) is 1.87. The summed E-state index contributed by atoms with van der Waals surface area (Å²) in [6.07, 6.45) is 5.90. The molecule has 0 bridgehead atoms. The number of hydrogen-bond acceptors (Lipinski definition) is 5. The maximum Gasteiger partial charge on any atom is 0.145 e. The Bertz CT molecular complexity index is 432. The van der Waals surface area contributed by atoms with E-state index in [0.717, 1.165) is 44.0 Å². The molecule has 2 aliphatic rings. The Morgan fingerprint density at radius 2 is 2.17 bits per heavy atom. The molecule has 1 aliphatic heterocycles. The summed E-state index contributed by atoms with van der Waals surface area (Å²) >= 11 is 0. The topological polar surface area (TPSA) is 67.3 Å². The molecule has 1 spiro atoms. The summed E-state index contributed by atoms with van der Waals surface area (Å²) in [5, 5.41) is 13.5. The van der Waals surface area contributed by atoms with Gasteiger partial charge in [0.1, 0.15) is 5.82 Å². The highest BCUT2D eigenvalue weighted by molar-refractivity contribution is 5.36. The molecule has 0 radical (unpaired) electrons. The van der Waals surface area contributed by atoms with Crippen molar-refractivity contribution in [1.82, 2.24) is 9.97 Å². The average Bonchev–Trinajstić information content (AvgIpc) is 2.39. The average molecular weight is 249 g/mol. The number of anilines is 1. The van der Waals surface area contributed by atoms with Gasteiger partial charge in [0, 0.05) is 30.9 Å². The summed E-state index contributed by atoms with van der Waals surface area (Å²) in [6, 6.07) is 0.285. The van der Waals surface area contributed by atoms with Gasteiger partial charge in [0.2, 0.25) is 0 Å². The number of aliphatic hydroxyl groups excluding tert-OH is 1. The van der Waals surface area contributed by atoms with E-state index in [1.54, 1.807) is 12.4 Å². The standard InChI is InChI=1S/C13H19N3O2/c1-9-7-14-8-12(15-9)16-10-6-11(17)13(10)2-4-18-5-3-13/h7-8,10-11,17H,2-6H2,1H3,(H,15,16)/t10-,11-/m1/s1. The van der Waals surface area contributed by atoms with Crippen molar-refractivity contribution in [2.45, 2.75) is 38.3 Å². The van der Waals surface area contributed by atoms with Gasteiger partial charge in [0.25, 0.3) is 0 Å². The zero-order valence-corrected chi connectivity index (χ0v) is 10.6. The Morgan fingerprint density at radius 1 is 1.39 bits per heavy atom. The quantitative estimate of drug-likeness (QED) is 0.822. The van der Waals surface area contributed by atoms with E-state index in [1.165, 1.54) is 0 Å². The summed E-state index contributed by atoms with van der Waals surface area (Å²) in [7, 11) is 0. The number of nitrogens with one attached hydrogen (secondary N) is 1. The van der Waals surface area contributed by atoms with E-state index < -0.39 is 0 Å². The lowest BCUT2D eigenvalue weighted by atomic mass is 9.58. The summed E-state index contributed by atoms with van der Waals surface area (Å²) in [5.41, 5.74) is 0.879. The van der Waals surface area contributed by atoms with Crippen LogP contribution in [-0.2, 0) is 4.74 Å². The van der Waals surface area contributed by atoms with E-state index >= 15 is 0 Å². The number of rotatable bonds is 2. The van der Waals surface area contributed by atoms with Crippen LogP contribution in [0.3, 0.4) is 0 Å². The number of aromatic nitrogens is 2. The van der Waals surface area contributed by atoms with Crippen molar-refractivity contribution in [1.29, 1.82) is 0 Å². The Labute approximate surface area is 107 Å². The second-order valence-electron chi connectivity index (χ2n) is 5.34. The monoisotopic (exact) mass is 249 g/mol. The van der Waals surface area contributed by atoms with Crippen molar-refractivity contribution in [3.63, 3.8) is 0 Å². The van der Waals surface area contributed by atoms with Crippen LogP contribution in [0.4, 0.5) is 5.82 Å². The Hall–Kier alpha value is -1.20. The molecule has 0 aromatic carbocycles. The fraction of sp³-hybridized carbons (Fsp3) is 0.692. The Morgan fingerprint density at radius 3 is 2.83 bits per heavy atom. The van der Waals surface area contributed by atoms with Gasteiger partial charge in [0.15, 0.2) is 0 Å². The number of hydrogen-bond donors (Lipinski definition) is 2. The first kappa shape index (κ1) is 11.9. The zero-order valence-electron chi connectivity index (χ0n) is 10.6. The molecule has 98 valence electrons. The number of aryl methyl sites for hydroxylation is 1. The molecule has 5 nitrogen and oxygen atoms in total. The van der Waals surface area contributed by atoms with Crippen LogP contribution in [0, 0.1) is 12.3 Å². The second kappa shape index (κ2) is 4.48. The molecule has 1 aromatic rings. The highest BCUT2D eigenvalue weighted by atomic mass is 16.5. The fourth-order valence-electron chi connectivity index (χ4n) is 3.11. The lowest BCUT2D eigenvalue weighted by Gasteiger charge is -2.55. The number of ether oxygens (including phenoxy) is 1. The first-order valence-electron chi connectivity index (χ1n) is 6.52. The summed E-state index contributed by atoms with van der Waals surface area (Å²) < 4.78 is 5.40. The van der Waals surface area contributed by atoms with E-state index in [9.17, 15) is 5.11 Å². The lowest BCUT2D eigenvalue weighted by molar-refractivity contribution is -0.133. The predicted octanol–water partition coefficient (Wildman–Crippen LogP) is 1.13. The van der Waals surface area contributed by atoms with Crippen LogP contribution >= 0.6 is 0 Å². The van der Waals surface area contributed by atoms with E-state index in [1.807, 2.05) is 6.92 Å². The van der Waals surface area contributed by atoms with Gasteiger partial charge in [-0.2, -0.15) is 0 Å². The molecule has 0 amide bonds. The number of nitrogens with zero attached hydrogens (tertiary/aromatic N) is 2. The minimum absolute atomic E-state index is 0.0241. The third-order valence-electron chi connectivity index (χ3n) is 4.32. The second-order valence-corrected chi connectivity index (χ2v) is 5.34. The van der Waals surface area contributed by atoms with Gasteiger partial charge < -0.3 is 15.2 Å². The maximum atomic E-state index is 10.1. The lowest BCUT2D eigenvalue weighted by Crippen LogP contribution is -2.62. The van der Waals surface area contributed by atoms with Crippen LogP contribution in [-0.4, -0.2) is 40.4 Å². The van der Waals surface area contributed by atoms with Gasteiger partial charge in [-0.05, 0) is 26.2 Å². The zero-order chi connectivity index (χ0) is 12.6. The van der Waals surface area contributed by atoms with Crippen molar-refractivity contribution in [2.75, 3.05) is 18.5 Å². The largest absolute Gasteiger partial charge is 0.392 e. The SMILES string of the molecule is Cc1cncc(N[C@@H]2C[C@@H](O)C23CCOCC3)n1. The van der Waals surface area contributed by atoms with Crippen molar-refractivity contribution < 1.29 is 9.84 Å².